The molecule has 0 atom stereocenters. The van der Waals surface area contributed by atoms with Gasteiger partial charge in [-0.15, -0.1) is 0 Å². The maximum Gasteiger partial charge on any atom is 0.0873 e. The summed E-state index contributed by atoms with van der Waals surface area (Å²) in [5.41, 5.74) is 4.69. The third-order valence-corrected chi connectivity index (χ3v) is 1.85. The van der Waals surface area contributed by atoms with E-state index in [1.807, 2.05) is 0 Å². The molecule has 74 valence electrons. The Kier molecular flexibility index (Phi) is 12.2. The van der Waals surface area contributed by atoms with Crippen molar-refractivity contribution in [1.29, 1.82) is 5.41 Å². The predicted molar refractivity (Wildman–Crippen MR) is 56.6 cm³/mol. The fourth-order valence-corrected chi connectivity index (χ4v) is 1.11. The molecule has 2 heteroatoms. The highest BCUT2D eigenvalue weighted by Gasteiger charge is 1.98. The summed E-state index contributed by atoms with van der Waals surface area (Å²) in [5, 5.41) is 6.28. The molecule has 0 radical (unpaired) electrons. The van der Waals surface area contributed by atoms with E-state index in [9.17, 15) is 0 Å². The summed E-state index contributed by atoms with van der Waals surface area (Å²) < 4.78 is 0. The van der Waals surface area contributed by atoms with E-state index in [4.69, 9.17) is 11.1 Å². The highest BCUT2D eigenvalue weighted by atomic mass is 14.7. The van der Waals surface area contributed by atoms with Gasteiger partial charge in [0.25, 0.3) is 0 Å². The van der Waals surface area contributed by atoms with Gasteiger partial charge >= 0.3 is 0 Å². The van der Waals surface area contributed by atoms with Crippen LogP contribution in [0.3, 0.4) is 0 Å². The molecule has 0 aromatic heterocycles. The second kappa shape index (κ2) is 10.5. The van der Waals surface area contributed by atoms with Crippen LogP contribution in [0.25, 0.3) is 0 Å². The van der Waals surface area contributed by atoms with E-state index in [0.717, 1.165) is 5.92 Å². The minimum absolute atomic E-state index is 0.167. The topological polar surface area (TPSA) is 49.9 Å². The van der Waals surface area contributed by atoms with Crippen LogP contribution in [0.2, 0.25) is 0 Å². The number of hydrogen-bond acceptors (Lipinski definition) is 1. The molecule has 0 amide bonds. The Morgan fingerprint density at radius 1 is 1.25 bits per heavy atom. The van der Waals surface area contributed by atoms with Gasteiger partial charge in [-0.25, -0.2) is 0 Å². The largest absolute Gasteiger partial charge is 0.388 e. The monoisotopic (exact) mass is 172 g/mol. The predicted octanol–water partition coefficient (Wildman–Crippen LogP) is 3.16. The van der Waals surface area contributed by atoms with Gasteiger partial charge in [0.15, 0.2) is 0 Å². The van der Waals surface area contributed by atoms with Gasteiger partial charge in [-0.1, -0.05) is 46.5 Å². The van der Waals surface area contributed by atoms with Gasteiger partial charge < -0.3 is 5.73 Å². The molecule has 0 bridgehead atoms. The third kappa shape index (κ3) is 16.2. The minimum Gasteiger partial charge on any atom is -0.388 e. The lowest BCUT2D eigenvalue weighted by Gasteiger charge is -2.08. The van der Waals surface area contributed by atoms with Crippen LogP contribution in [0.4, 0.5) is 0 Å². The van der Waals surface area contributed by atoms with Gasteiger partial charge in [0.1, 0.15) is 0 Å². The second-order valence-corrected chi connectivity index (χ2v) is 3.15. The zero-order valence-electron chi connectivity index (χ0n) is 8.98. The highest BCUT2D eigenvalue weighted by Crippen LogP contribution is 2.13. The van der Waals surface area contributed by atoms with Crippen LogP contribution >= 0.6 is 0 Å². The Morgan fingerprint density at radius 3 is 1.67 bits per heavy atom. The molecular weight excluding hydrogens is 148 g/mol. The molecule has 0 spiro atoms. The lowest BCUT2D eigenvalue weighted by Crippen LogP contribution is -2.00. The molecule has 0 saturated heterocycles. The van der Waals surface area contributed by atoms with Crippen LogP contribution in [0.15, 0.2) is 0 Å². The van der Waals surface area contributed by atoms with Crippen molar-refractivity contribution >= 4 is 5.84 Å². The van der Waals surface area contributed by atoms with Gasteiger partial charge in [-0.3, -0.25) is 5.41 Å². The van der Waals surface area contributed by atoms with Crippen molar-refractivity contribution in [3.05, 3.63) is 0 Å². The third-order valence-electron chi connectivity index (χ3n) is 1.85. The fraction of sp³-hybridized carbons (Fsp3) is 0.900. The molecule has 0 unspecified atom stereocenters. The molecule has 0 aliphatic heterocycles. The Hall–Kier alpha value is -0.530. The summed E-state index contributed by atoms with van der Waals surface area (Å²) in [6.45, 7) is 8.35. The van der Waals surface area contributed by atoms with Gasteiger partial charge in [-0.2, -0.15) is 0 Å². The van der Waals surface area contributed by atoms with Crippen LogP contribution < -0.4 is 5.73 Å². The zero-order valence-corrected chi connectivity index (χ0v) is 8.98. The molecule has 0 heterocycles. The first-order chi connectivity index (χ1) is 5.58. The maximum atomic E-state index is 6.28. The summed E-state index contributed by atoms with van der Waals surface area (Å²) in [6, 6.07) is 0. The first-order valence-electron chi connectivity index (χ1n) is 4.88. The van der Waals surface area contributed by atoms with E-state index in [-0.39, 0.29) is 5.84 Å². The first-order valence-corrected chi connectivity index (χ1v) is 4.88. The minimum atomic E-state index is 0.167. The summed E-state index contributed by atoms with van der Waals surface area (Å²) in [7, 11) is 0. The van der Waals surface area contributed by atoms with Crippen molar-refractivity contribution < 1.29 is 0 Å². The lowest BCUT2D eigenvalue weighted by atomic mass is 9.98. The van der Waals surface area contributed by atoms with E-state index in [1.165, 1.54) is 32.6 Å². The summed E-state index contributed by atoms with van der Waals surface area (Å²) >= 11 is 0. The normalized spacial score (nSPS) is 9.08. The number of nitrogens with two attached hydrogens (primary N) is 1. The quantitative estimate of drug-likeness (QED) is 0.496. The SMILES string of the molecule is CC(=N)N.CCCC(CC)CC. The zero-order chi connectivity index (χ0) is 9.98. The molecule has 0 aromatic carbocycles. The Bertz CT molecular complexity index is 92.0. The van der Waals surface area contributed by atoms with Gasteiger partial charge in [0.2, 0.25) is 0 Å². The van der Waals surface area contributed by atoms with Gasteiger partial charge in [0, 0.05) is 0 Å². The van der Waals surface area contributed by atoms with Crippen LogP contribution in [-0.2, 0) is 0 Å². The van der Waals surface area contributed by atoms with Crippen LogP contribution in [0, 0.1) is 11.3 Å². The molecule has 0 aliphatic rings. The summed E-state index contributed by atoms with van der Waals surface area (Å²) in [4.78, 5) is 0. The molecular formula is C10H24N2. The van der Waals surface area contributed by atoms with E-state index in [2.05, 4.69) is 20.8 Å². The smallest absolute Gasteiger partial charge is 0.0873 e. The van der Waals surface area contributed by atoms with Crippen molar-refractivity contribution in [1.82, 2.24) is 0 Å². The van der Waals surface area contributed by atoms with E-state index >= 15 is 0 Å². The average molecular weight is 172 g/mol. The van der Waals surface area contributed by atoms with Crippen molar-refractivity contribution in [2.45, 2.75) is 53.4 Å². The summed E-state index contributed by atoms with van der Waals surface area (Å²) in [6.07, 6.45) is 5.51. The van der Waals surface area contributed by atoms with Crippen molar-refractivity contribution in [2.24, 2.45) is 11.7 Å². The molecule has 0 aromatic rings. The van der Waals surface area contributed by atoms with Crippen LogP contribution in [0.1, 0.15) is 53.4 Å². The molecule has 0 rings (SSSR count). The van der Waals surface area contributed by atoms with Gasteiger partial charge in [0.05, 0.1) is 5.84 Å². The van der Waals surface area contributed by atoms with E-state index < -0.39 is 0 Å². The average Bonchev–Trinajstić information content (AvgIpc) is 1.99. The van der Waals surface area contributed by atoms with Crippen molar-refractivity contribution in [3.63, 3.8) is 0 Å². The van der Waals surface area contributed by atoms with Crippen molar-refractivity contribution in [2.75, 3.05) is 0 Å². The highest BCUT2D eigenvalue weighted by molar-refractivity contribution is 5.73. The van der Waals surface area contributed by atoms with Crippen LogP contribution in [0.5, 0.6) is 0 Å². The standard InChI is InChI=1S/C8H18.C2H6N2/c1-4-7-8(5-2)6-3;1-2(3)4/h8H,4-7H2,1-3H3;1H3,(H3,3,4). The Labute approximate surface area is 77.1 Å². The lowest BCUT2D eigenvalue weighted by molar-refractivity contribution is 0.451. The number of rotatable bonds is 4. The fourth-order valence-electron chi connectivity index (χ4n) is 1.11. The number of amidine groups is 1. The Balaban J connectivity index is 0. The molecule has 12 heavy (non-hydrogen) atoms. The number of nitrogens with one attached hydrogen (secondary N) is 1. The van der Waals surface area contributed by atoms with E-state index in [0.29, 0.717) is 0 Å². The van der Waals surface area contributed by atoms with E-state index in [1.54, 1.807) is 0 Å². The molecule has 0 saturated carbocycles. The van der Waals surface area contributed by atoms with Crippen LogP contribution in [-0.4, -0.2) is 5.84 Å². The number of hydrogen-bond donors (Lipinski definition) is 2. The second-order valence-electron chi connectivity index (χ2n) is 3.15. The maximum absolute atomic E-state index is 6.28. The molecule has 2 nitrogen and oxygen atoms in total. The molecule has 3 N–H and O–H groups in total. The summed E-state index contributed by atoms with van der Waals surface area (Å²) in [5.74, 6) is 1.17. The van der Waals surface area contributed by atoms with Gasteiger partial charge in [-0.05, 0) is 12.8 Å². The first kappa shape index (κ1) is 14.0. The Morgan fingerprint density at radius 2 is 1.58 bits per heavy atom. The molecule has 0 fully saturated rings. The van der Waals surface area contributed by atoms with Crippen molar-refractivity contribution in [3.8, 4) is 0 Å². The molecule has 0 aliphatic carbocycles.